The van der Waals surface area contributed by atoms with Gasteiger partial charge in [-0.25, -0.2) is 5.48 Å². The molecule has 1 aliphatic rings. The molecule has 0 aromatic heterocycles. The van der Waals surface area contributed by atoms with Crippen LogP contribution in [0.15, 0.2) is 85.5 Å². The average molecular weight is 602 g/mol. The second-order valence-electron chi connectivity index (χ2n) is 11.2. The number of aliphatic hydroxyl groups excluding tert-OH is 1. The Kier molecular flexibility index (Phi) is 12.6. The molecule has 1 saturated heterocycles. The Morgan fingerprint density at radius 1 is 0.955 bits per heavy atom. The van der Waals surface area contributed by atoms with Crippen LogP contribution in [0.4, 0.5) is 0 Å². The molecular weight excluding hydrogens is 558 g/mol. The number of benzene rings is 3. The van der Waals surface area contributed by atoms with Gasteiger partial charge in [-0.1, -0.05) is 78.9 Å². The van der Waals surface area contributed by atoms with E-state index in [1.54, 1.807) is 5.48 Å². The van der Waals surface area contributed by atoms with Crippen molar-refractivity contribution in [2.45, 2.75) is 63.8 Å². The van der Waals surface area contributed by atoms with Crippen LogP contribution in [0.1, 0.15) is 66.8 Å². The molecule has 9 nitrogen and oxygen atoms in total. The van der Waals surface area contributed by atoms with Gasteiger partial charge < -0.3 is 24.8 Å². The molecular formula is C35H43N3O6. The second kappa shape index (κ2) is 16.8. The largest absolute Gasteiger partial charge is 0.392 e. The third-order valence-electron chi connectivity index (χ3n) is 7.74. The molecule has 4 rings (SSSR count). The maximum atomic E-state index is 12.4. The summed E-state index contributed by atoms with van der Waals surface area (Å²) in [5.41, 5.74) is 7.47. The van der Waals surface area contributed by atoms with E-state index in [2.05, 4.69) is 16.8 Å². The summed E-state index contributed by atoms with van der Waals surface area (Å²) >= 11 is 0. The smallest absolute Gasteiger partial charge is 0.243 e. The van der Waals surface area contributed by atoms with Crippen molar-refractivity contribution in [1.82, 2.24) is 15.7 Å². The zero-order valence-electron chi connectivity index (χ0n) is 25.3. The minimum atomic E-state index is -0.541. The lowest BCUT2D eigenvalue weighted by Crippen LogP contribution is -2.37. The first-order valence-corrected chi connectivity index (χ1v) is 15.1. The standard InChI is InChI=1S/C35H43N3O6/c1-3-20-38(2)23-30-21-32(27-14-12-25(24-39)13-15-27)44-35(43-30)28-18-16-26(17-19-28)31-9-5-4-8-29(31)22-36-33(40)10-6-7-11-34(41)37-42/h3-5,8-9,12-19,30,32,35,39,42H,1,6-7,10-11,20-24H2,2H3,(H,36,40)(H,37,41). The van der Waals surface area contributed by atoms with Crippen LogP contribution in [0, 0.1) is 0 Å². The number of rotatable bonds is 15. The highest BCUT2D eigenvalue weighted by Gasteiger charge is 2.32. The van der Waals surface area contributed by atoms with E-state index in [1.165, 1.54) is 0 Å². The number of hydrogen-bond donors (Lipinski definition) is 4. The van der Waals surface area contributed by atoms with Crippen LogP contribution in [0.2, 0.25) is 0 Å². The fourth-order valence-electron chi connectivity index (χ4n) is 5.36. The number of carbonyl (C=O) groups is 2. The summed E-state index contributed by atoms with van der Waals surface area (Å²) in [7, 11) is 2.05. The number of carbonyl (C=O) groups excluding carboxylic acids is 2. The molecule has 3 atom stereocenters. The SMILES string of the molecule is C=CCN(C)CC1CC(c2ccc(CO)cc2)OC(c2ccc(-c3ccccc3CNC(=O)CCCCC(=O)NO)cc2)O1. The molecule has 1 aliphatic heterocycles. The van der Waals surface area contributed by atoms with Gasteiger partial charge in [0.1, 0.15) is 0 Å². The lowest BCUT2D eigenvalue weighted by Gasteiger charge is -2.37. The van der Waals surface area contributed by atoms with Crippen molar-refractivity contribution >= 4 is 11.8 Å². The number of hydrogen-bond acceptors (Lipinski definition) is 7. The molecule has 1 fully saturated rings. The summed E-state index contributed by atoms with van der Waals surface area (Å²) < 4.78 is 13.0. The summed E-state index contributed by atoms with van der Waals surface area (Å²) in [6.07, 6.45) is 3.45. The van der Waals surface area contributed by atoms with Crippen LogP contribution in [-0.2, 0) is 32.2 Å². The van der Waals surface area contributed by atoms with Crippen molar-refractivity contribution in [2.75, 3.05) is 20.1 Å². The minimum absolute atomic E-state index is 0.00174. The monoisotopic (exact) mass is 601 g/mol. The summed E-state index contributed by atoms with van der Waals surface area (Å²) in [6.45, 7) is 5.75. The van der Waals surface area contributed by atoms with Gasteiger partial charge in [0, 0.05) is 44.5 Å². The Bertz CT molecular complexity index is 1360. The summed E-state index contributed by atoms with van der Waals surface area (Å²) in [5.74, 6) is -0.531. The first kappa shape index (κ1) is 33.0. The molecule has 3 unspecified atom stereocenters. The van der Waals surface area contributed by atoms with Crippen molar-refractivity contribution in [3.63, 3.8) is 0 Å². The van der Waals surface area contributed by atoms with Crippen LogP contribution in [0.3, 0.4) is 0 Å². The van der Waals surface area contributed by atoms with Gasteiger partial charge in [-0.15, -0.1) is 6.58 Å². The molecule has 0 spiro atoms. The van der Waals surface area contributed by atoms with Gasteiger partial charge in [-0.05, 0) is 47.7 Å². The maximum absolute atomic E-state index is 12.4. The van der Waals surface area contributed by atoms with E-state index in [-0.39, 0.29) is 31.1 Å². The predicted molar refractivity (Wildman–Crippen MR) is 168 cm³/mol. The van der Waals surface area contributed by atoms with Gasteiger partial charge in [-0.3, -0.25) is 14.8 Å². The molecule has 9 heteroatoms. The molecule has 0 bridgehead atoms. The van der Waals surface area contributed by atoms with E-state index in [1.807, 2.05) is 85.9 Å². The number of hydroxylamine groups is 1. The van der Waals surface area contributed by atoms with Crippen LogP contribution in [0.25, 0.3) is 11.1 Å². The maximum Gasteiger partial charge on any atom is 0.243 e. The summed E-state index contributed by atoms with van der Waals surface area (Å²) in [5, 5.41) is 21.0. The van der Waals surface area contributed by atoms with Gasteiger partial charge >= 0.3 is 0 Å². The second-order valence-corrected chi connectivity index (χ2v) is 11.2. The van der Waals surface area contributed by atoms with Crippen molar-refractivity contribution in [1.29, 1.82) is 0 Å². The third kappa shape index (κ3) is 9.57. The van der Waals surface area contributed by atoms with E-state index >= 15 is 0 Å². The Morgan fingerprint density at radius 3 is 2.32 bits per heavy atom. The number of aliphatic hydroxyl groups is 1. The molecule has 44 heavy (non-hydrogen) atoms. The first-order valence-electron chi connectivity index (χ1n) is 15.1. The van der Waals surface area contributed by atoms with Gasteiger partial charge in [0.15, 0.2) is 6.29 Å². The number of unbranched alkanes of at least 4 members (excludes halogenated alkanes) is 1. The minimum Gasteiger partial charge on any atom is -0.392 e. The first-order chi connectivity index (χ1) is 21.4. The molecule has 2 amide bonds. The van der Waals surface area contributed by atoms with E-state index in [9.17, 15) is 14.7 Å². The molecule has 3 aromatic rings. The zero-order chi connectivity index (χ0) is 31.3. The fourth-order valence-corrected chi connectivity index (χ4v) is 5.36. The van der Waals surface area contributed by atoms with Gasteiger partial charge in [0.05, 0.1) is 18.8 Å². The van der Waals surface area contributed by atoms with E-state index in [0.29, 0.717) is 32.2 Å². The third-order valence-corrected chi connectivity index (χ3v) is 7.74. The lowest BCUT2D eigenvalue weighted by molar-refractivity contribution is -0.252. The number of ether oxygens (including phenoxy) is 2. The van der Waals surface area contributed by atoms with Crippen molar-refractivity contribution in [3.05, 3.63) is 108 Å². The van der Waals surface area contributed by atoms with Crippen LogP contribution >= 0.6 is 0 Å². The van der Waals surface area contributed by atoms with E-state index < -0.39 is 12.2 Å². The highest BCUT2D eigenvalue weighted by molar-refractivity contribution is 5.77. The number of likely N-dealkylation sites (N-methyl/N-ethyl adjacent to an activating group) is 1. The van der Waals surface area contributed by atoms with Crippen molar-refractivity contribution in [2.24, 2.45) is 0 Å². The highest BCUT2D eigenvalue weighted by Crippen LogP contribution is 2.38. The normalized spacial score (nSPS) is 18.1. The Hall–Kier alpha value is -3.86. The quantitative estimate of drug-likeness (QED) is 0.0819. The van der Waals surface area contributed by atoms with Gasteiger partial charge in [-0.2, -0.15) is 0 Å². The molecule has 4 N–H and O–H groups in total. The molecule has 0 aliphatic carbocycles. The molecule has 0 saturated carbocycles. The molecule has 1 heterocycles. The van der Waals surface area contributed by atoms with Crippen molar-refractivity contribution < 1.29 is 29.4 Å². The summed E-state index contributed by atoms with van der Waals surface area (Å²) in [4.78, 5) is 25.7. The number of nitrogens with zero attached hydrogens (tertiary/aromatic N) is 1. The van der Waals surface area contributed by atoms with Crippen molar-refractivity contribution in [3.8, 4) is 11.1 Å². The van der Waals surface area contributed by atoms with Gasteiger partial charge in [0.25, 0.3) is 0 Å². The Labute approximate surface area is 259 Å². The van der Waals surface area contributed by atoms with E-state index in [0.717, 1.165) is 46.5 Å². The van der Waals surface area contributed by atoms with Gasteiger partial charge in [0.2, 0.25) is 11.8 Å². The fraction of sp³-hybridized carbons (Fsp3) is 0.371. The number of nitrogens with one attached hydrogen (secondary N) is 2. The number of amides is 2. The lowest BCUT2D eigenvalue weighted by atomic mass is 9.97. The van der Waals surface area contributed by atoms with E-state index in [4.69, 9.17) is 14.7 Å². The zero-order valence-corrected chi connectivity index (χ0v) is 25.3. The summed E-state index contributed by atoms with van der Waals surface area (Å²) in [6, 6.07) is 24.0. The topological polar surface area (TPSA) is 120 Å². The van der Waals surface area contributed by atoms with Crippen LogP contribution in [0.5, 0.6) is 0 Å². The van der Waals surface area contributed by atoms with Crippen LogP contribution in [-0.4, -0.2) is 53.3 Å². The average Bonchev–Trinajstić information content (AvgIpc) is 3.05. The Balaban J connectivity index is 1.43. The molecule has 234 valence electrons. The predicted octanol–water partition coefficient (Wildman–Crippen LogP) is 5.19. The Morgan fingerprint density at radius 2 is 1.64 bits per heavy atom. The molecule has 3 aromatic carbocycles. The molecule has 0 radical (unpaired) electrons. The highest BCUT2D eigenvalue weighted by atomic mass is 16.7. The van der Waals surface area contributed by atoms with Crippen LogP contribution < -0.4 is 10.8 Å².